The third-order valence-electron chi connectivity index (χ3n) is 4.63. The van der Waals surface area contributed by atoms with Crippen LogP contribution in [0.3, 0.4) is 0 Å². The number of hydrogen-bond donors (Lipinski definition) is 1. The van der Waals surface area contributed by atoms with Crippen molar-refractivity contribution in [1.29, 1.82) is 0 Å². The number of benzene rings is 1. The van der Waals surface area contributed by atoms with Crippen molar-refractivity contribution in [3.05, 3.63) is 72.0 Å². The van der Waals surface area contributed by atoms with Gasteiger partial charge in [0.15, 0.2) is 0 Å². The molecule has 2 aromatic heterocycles. The van der Waals surface area contributed by atoms with Gasteiger partial charge in [-0.15, -0.1) is 0 Å². The van der Waals surface area contributed by atoms with Gasteiger partial charge in [-0.05, 0) is 42.8 Å². The van der Waals surface area contributed by atoms with Gasteiger partial charge in [-0.1, -0.05) is 11.2 Å². The molecule has 170 valence electrons. The van der Waals surface area contributed by atoms with Gasteiger partial charge in [0.25, 0.3) is 0 Å². The van der Waals surface area contributed by atoms with Crippen LogP contribution in [0, 0.1) is 5.82 Å². The maximum absolute atomic E-state index is 12.9. The number of ether oxygens (including phenoxy) is 1. The number of carbonyl (C=O) groups is 1. The maximum Gasteiger partial charge on any atom is 0.490 e. The van der Waals surface area contributed by atoms with Gasteiger partial charge < -0.3 is 14.4 Å². The molecule has 11 heteroatoms. The Morgan fingerprint density at radius 1 is 1.19 bits per heavy atom. The van der Waals surface area contributed by atoms with Crippen molar-refractivity contribution >= 4 is 5.97 Å². The van der Waals surface area contributed by atoms with Gasteiger partial charge in [0.05, 0.1) is 5.69 Å². The van der Waals surface area contributed by atoms with Gasteiger partial charge in [-0.3, -0.25) is 4.90 Å². The second-order valence-corrected chi connectivity index (χ2v) is 7.01. The standard InChI is InChI=1S/C19H18FN3O2.C2HF3O2/c20-16-2-4-17(5-3-16)25-19-6-1-14(11-21-19)12-23-9-7-15(13-23)18-8-10-24-22-18;3-2(4,5)1(6)7/h1-6,8,10-11,15H,7,9,12-13H2;(H,6,7). The molecule has 1 fully saturated rings. The zero-order valence-corrected chi connectivity index (χ0v) is 16.6. The van der Waals surface area contributed by atoms with Crippen molar-refractivity contribution in [1.82, 2.24) is 15.0 Å². The summed E-state index contributed by atoms with van der Waals surface area (Å²) in [7, 11) is 0. The summed E-state index contributed by atoms with van der Waals surface area (Å²) >= 11 is 0. The molecule has 1 N–H and O–H groups in total. The van der Waals surface area contributed by atoms with Gasteiger partial charge in [-0.25, -0.2) is 14.2 Å². The highest BCUT2D eigenvalue weighted by Gasteiger charge is 2.38. The zero-order valence-electron chi connectivity index (χ0n) is 16.6. The summed E-state index contributed by atoms with van der Waals surface area (Å²) in [6, 6.07) is 11.7. The van der Waals surface area contributed by atoms with Crippen molar-refractivity contribution in [2.24, 2.45) is 0 Å². The smallest absolute Gasteiger partial charge is 0.475 e. The van der Waals surface area contributed by atoms with Crippen molar-refractivity contribution in [3.8, 4) is 11.6 Å². The summed E-state index contributed by atoms with van der Waals surface area (Å²) < 4.78 is 55.2. The molecule has 1 unspecified atom stereocenters. The minimum absolute atomic E-state index is 0.287. The molecule has 0 aliphatic carbocycles. The second-order valence-electron chi connectivity index (χ2n) is 7.01. The quantitative estimate of drug-likeness (QED) is 0.564. The third-order valence-corrected chi connectivity index (χ3v) is 4.63. The SMILES string of the molecule is Fc1ccc(Oc2ccc(CN3CCC(c4ccon4)C3)cn2)cc1.O=C(O)C(F)(F)F. The van der Waals surface area contributed by atoms with E-state index in [1.54, 1.807) is 18.4 Å². The largest absolute Gasteiger partial charge is 0.490 e. The van der Waals surface area contributed by atoms with E-state index in [1.165, 1.54) is 12.1 Å². The molecule has 7 nitrogen and oxygen atoms in total. The Bertz CT molecular complexity index is 993. The predicted molar refractivity (Wildman–Crippen MR) is 104 cm³/mol. The number of nitrogens with zero attached hydrogens (tertiary/aromatic N) is 3. The molecule has 0 bridgehead atoms. The van der Waals surface area contributed by atoms with Crippen LogP contribution in [0.25, 0.3) is 0 Å². The van der Waals surface area contributed by atoms with E-state index < -0.39 is 12.1 Å². The Kier molecular flexibility index (Phi) is 7.41. The minimum Gasteiger partial charge on any atom is -0.475 e. The fourth-order valence-electron chi connectivity index (χ4n) is 3.10. The number of hydrogen-bond acceptors (Lipinski definition) is 6. The first kappa shape index (κ1) is 23.2. The highest BCUT2D eigenvalue weighted by Crippen LogP contribution is 2.27. The lowest BCUT2D eigenvalue weighted by Gasteiger charge is -2.15. The van der Waals surface area contributed by atoms with Crippen molar-refractivity contribution < 1.29 is 36.7 Å². The number of aromatic nitrogens is 2. The maximum atomic E-state index is 12.9. The molecule has 0 saturated carbocycles. The van der Waals surface area contributed by atoms with Crippen LogP contribution in [0.5, 0.6) is 11.6 Å². The number of carboxylic acid groups (broad SMARTS) is 1. The molecular formula is C21H19F4N3O4. The third kappa shape index (κ3) is 6.77. The molecule has 1 atom stereocenters. The molecule has 3 aromatic rings. The van der Waals surface area contributed by atoms with Gasteiger partial charge in [0.2, 0.25) is 5.88 Å². The lowest BCUT2D eigenvalue weighted by atomic mass is 10.1. The first-order chi connectivity index (χ1) is 15.2. The van der Waals surface area contributed by atoms with E-state index >= 15 is 0 Å². The summed E-state index contributed by atoms with van der Waals surface area (Å²) in [6.07, 6.45) is -0.546. The Hall–Kier alpha value is -3.47. The van der Waals surface area contributed by atoms with E-state index in [2.05, 4.69) is 15.0 Å². The van der Waals surface area contributed by atoms with Crippen LogP contribution in [0.2, 0.25) is 0 Å². The fourth-order valence-corrected chi connectivity index (χ4v) is 3.10. The van der Waals surface area contributed by atoms with Crippen LogP contribution in [0.15, 0.2) is 59.4 Å². The van der Waals surface area contributed by atoms with Crippen molar-refractivity contribution in [3.63, 3.8) is 0 Å². The molecule has 0 spiro atoms. The van der Waals surface area contributed by atoms with Crippen LogP contribution in [-0.4, -0.2) is 45.4 Å². The number of alkyl halides is 3. The second kappa shape index (κ2) is 10.2. The van der Waals surface area contributed by atoms with Gasteiger partial charge in [0, 0.05) is 37.3 Å². The minimum atomic E-state index is -5.08. The van der Waals surface area contributed by atoms with E-state index in [4.69, 9.17) is 19.2 Å². The average Bonchev–Trinajstić information content (AvgIpc) is 3.43. The number of pyridine rings is 1. The number of likely N-dealkylation sites (tertiary alicyclic amines) is 1. The summed E-state index contributed by atoms with van der Waals surface area (Å²) in [6.45, 7) is 2.85. The Morgan fingerprint density at radius 2 is 1.91 bits per heavy atom. The first-order valence-corrected chi connectivity index (χ1v) is 9.52. The lowest BCUT2D eigenvalue weighted by molar-refractivity contribution is -0.192. The molecule has 3 heterocycles. The van der Waals surface area contributed by atoms with E-state index in [9.17, 15) is 17.6 Å². The lowest BCUT2D eigenvalue weighted by Crippen LogP contribution is -2.21. The normalized spacial score (nSPS) is 16.3. The fraction of sp³-hybridized carbons (Fsp3) is 0.286. The van der Waals surface area contributed by atoms with Crippen LogP contribution >= 0.6 is 0 Å². The predicted octanol–water partition coefficient (Wildman–Crippen LogP) is 4.62. The van der Waals surface area contributed by atoms with E-state index in [0.29, 0.717) is 17.5 Å². The van der Waals surface area contributed by atoms with Crippen molar-refractivity contribution in [2.75, 3.05) is 13.1 Å². The topological polar surface area (TPSA) is 88.7 Å². The van der Waals surface area contributed by atoms with Gasteiger partial charge in [0.1, 0.15) is 17.8 Å². The van der Waals surface area contributed by atoms with Crippen LogP contribution in [0.4, 0.5) is 17.6 Å². The molecule has 4 rings (SSSR count). The number of carboxylic acids is 1. The Labute approximate surface area is 180 Å². The number of halogens is 4. The molecule has 1 saturated heterocycles. The van der Waals surface area contributed by atoms with Crippen LogP contribution in [0.1, 0.15) is 23.6 Å². The molecule has 1 aliphatic rings. The molecule has 0 amide bonds. The van der Waals surface area contributed by atoms with Crippen LogP contribution < -0.4 is 4.74 Å². The molecular weight excluding hydrogens is 434 g/mol. The molecule has 32 heavy (non-hydrogen) atoms. The molecule has 0 radical (unpaired) electrons. The monoisotopic (exact) mass is 453 g/mol. The summed E-state index contributed by atoms with van der Waals surface area (Å²) in [5, 5.41) is 11.2. The van der Waals surface area contributed by atoms with Gasteiger partial charge in [-0.2, -0.15) is 13.2 Å². The summed E-state index contributed by atoms with van der Waals surface area (Å²) in [4.78, 5) is 15.6. The number of rotatable bonds is 5. The summed E-state index contributed by atoms with van der Waals surface area (Å²) in [5.74, 6) is -1.54. The highest BCUT2D eigenvalue weighted by molar-refractivity contribution is 5.73. The van der Waals surface area contributed by atoms with E-state index in [-0.39, 0.29) is 5.82 Å². The molecule has 1 aliphatic heterocycles. The van der Waals surface area contributed by atoms with E-state index in [0.717, 1.165) is 37.3 Å². The van der Waals surface area contributed by atoms with Crippen molar-refractivity contribution in [2.45, 2.75) is 25.1 Å². The molecule has 1 aromatic carbocycles. The number of aliphatic carboxylic acids is 1. The van der Waals surface area contributed by atoms with E-state index in [1.807, 2.05) is 24.4 Å². The Morgan fingerprint density at radius 3 is 2.47 bits per heavy atom. The average molecular weight is 453 g/mol. The zero-order chi connectivity index (χ0) is 23.1. The highest BCUT2D eigenvalue weighted by atomic mass is 19.4. The summed E-state index contributed by atoms with van der Waals surface area (Å²) in [5.41, 5.74) is 2.16. The Balaban J connectivity index is 0.000000360. The van der Waals surface area contributed by atoms with Crippen LogP contribution in [-0.2, 0) is 11.3 Å². The van der Waals surface area contributed by atoms with Gasteiger partial charge >= 0.3 is 12.1 Å². The first-order valence-electron chi connectivity index (χ1n) is 9.52.